The molecule has 8 heteroatoms. The SMILES string of the molecule is CC(=O)c1cnc2ccc(-c3cc(Cl)c(O)c(Cl)c3)cc2c1N[C@H]1CC[C@H](C(=O)N(C)C)CC1. The van der Waals surface area contributed by atoms with Gasteiger partial charge in [-0.05, 0) is 68.0 Å². The van der Waals surface area contributed by atoms with Gasteiger partial charge < -0.3 is 15.3 Å². The molecule has 1 aliphatic carbocycles. The standard InChI is InChI=1S/C26H27Cl2N3O3/c1-14(32)20-13-29-23-9-6-16(17-11-21(27)25(33)22(28)12-17)10-19(23)24(20)30-18-7-4-15(5-8-18)26(34)31(2)3/h6,9-13,15,18,33H,4-5,7-8H2,1-3H3,(H,29,30)/t15-,18-. The van der Waals surface area contributed by atoms with Gasteiger partial charge in [-0.1, -0.05) is 29.3 Å². The van der Waals surface area contributed by atoms with Crippen molar-refractivity contribution in [3.05, 3.63) is 52.1 Å². The van der Waals surface area contributed by atoms with Crippen LogP contribution < -0.4 is 5.32 Å². The molecule has 4 rings (SSSR count). The van der Waals surface area contributed by atoms with Crippen LogP contribution in [0.5, 0.6) is 5.75 Å². The highest BCUT2D eigenvalue weighted by molar-refractivity contribution is 6.37. The summed E-state index contributed by atoms with van der Waals surface area (Å²) < 4.78 is 0. The lowest BCUT2D eigenvalue weighted by molar-refractivity contribution is -0.133. The summed E-state index contributed by atoms with van der Waals surface area (Å²) in [4.78, 5) is 30.9. The number of benzene rings is 2. The van der Waals surface area contributed by atoms with Gasteiger partial charge in [-0.2, -0.15) is 0 Å². The van der Waals surface area contributed by atoms with Crippen molar-refractivity contribution in [3.63, 3.8) is 0 Å². The summed E-state index contributed by atoms with van der Waals surface area (Å²) in [5, 5.41) is 14.7. The lowest BCUT2D eigenvalue weighted by atomic mass is 9.85. The third-order valence-corrected chi connectivity index (χ3v) is 7.04. The molecule has 2 aromatic carbocycles. The number of aromatic nitrogens is 1. The van der Waals surface area contributed by atoms with Crippen LogP contribution in [0.4, 0.5) is 5.69 Å². The fraction of sp³-hybridized carbons (Fsp3) is 0.346. The van der Waals surface area contributed by atoms with E-state index >= 15 is 0 Å². The van der Waals surface area contributed by atoms with E-state index in [1.54, 1.807) is 37.3 Å². The molecule has 1 heterocycles. The van der Waals surface area contributed by atoms with Crippen molar-refractivity contribution < 1.29 is 14.7 Å². The molecular formula is C26H27Cl2N3O3. The number of pyridine rings is 1. The molecule has 1 saturated carbocycles. The van der Waals surface area contributed by atoms with Crippen LogP contribution in [-0.4, -0.2) is 46.8 Å². The lowest BCUT2D eigenvalue weighted by Crippen LogP contribution is -2.35. The quantitative estimate of drug-likeness (QED) is 0.409. The molecule has 2 N–H and O–H groups in total. The molecular weight excluding hydrogens is 473 g/mol. The minimum absolute atomic E-state index is 0.0464. The number of halogens is 2. The number of rotatable bonds is 5. The number of hydrogen-bond acceptors (Lipinski definition) is 5. The van der Waals surface area contributed by atoms with E-state index in [9.17, 15) is 14.7 Å². The van der Waals surface area contributed by atoms with Crippen molar-refractivity contribution in [2.24, 2.45) is 5.92 Å². The molecule has 1 amide bonds. The van der Waals surface area contributed by atoms with Crippen molar-refractivity contribution in [3.8, 4) is 16.9 Å². The number of hydrogen-bond donors (Lipinski definition) is 2. The van der Waals surface area contributed by atoms with E-state index < -0.39 is 0 Å². The number of amides is 1. The molecule has 6 nitrogen and oxygen atoms in total. The number of nitrogens with one attached hydrogen (secondary N) is 1. The van der Waals surface area contributed by atoms with Gasteiger partial charge in [-0.3, -0.25) is 14.6 Å². The first kappa shape index (κ1) is 24.3. The Balaban J connectivity index is 1.70. The molecule has 1 aromatic heterocycles. The van der Waals surface area contributed by atoms with E-state index in [0.717, 1.165) is 53.4 Å². The van der Waals surface area contributed by atoms with Crippen LogP contribution >= 0.6 is 23.2 Å². The summed E-state index contributed by atoms with van der Waals surface area (Å²) in [7, 11) is 3.59. The second-order valence-electron chi connectivity index (χ2n) is 9.05. The van der Waals surface area contributed by atoms with Crippen molar-refractivity contribution in [2.75, 3.05) is 19.4 Å². The van der Waals surface area contributed by atoms with Crippen molar-refractivity contribution in [1.82, 2.24) is 9.88 Å². The molecule has 1 fully saturated rings. The molecule has 0 saturated heterocycles. The molecule has 0 aliphatic heterocycles. The Bertz CT molecular complexity index is 1240. The van der Waals surface area contributed by atoms with Gasteiger partial charge in [0.25, 0.3) is 0 Å². The summed E-state index contributed by atoms with van der Waals surface area (Å²) in [5.41, 5.74) is 3.61. The molecule has 1 aliphatic rings. The minimum Gasteiger partial charge on any atom is -0.505 e. The highest BCUT2D eigenvalue weighted by atomic mass is 35.5. The monoisotopic (exact) mass is 499 g/mol. The Morgan fingerprint density at radius 1 is 1.03 bits per heavy atom. The first-order valence-corrected chi connectivity index (χ1v) is 12.0. The third-order valence-electron chi connectivity index (χ3n) is 6.46. The topological polar surface area (TPSA) is 82.5 Å². The van der Waals surface area contributed by atoms with E-state index in [0.29, 0.717) is 5.56 Å². The number of phenols is 1. The average Bonchev–Trinajstić information content (AvgIpc) is 2.81. The van der Waals surface area contributed by atoms with E-state index in [1.807, 2.05) is 18.2 Å². The van der Waals surface area contributed by atoms with Gasteiger partial charge in [-0.15, -0.1) is 0 Å². The molecule has 0 bridgehead atoms. The second kappa shape index (κ2) is 9.80. The Labute approximate surface area is 208 Å². The van der Waals surface area contributed by atoms with Crippen LogP contribution in [0.25, 0.3) is 22.0 Å². The summed E-state index contributed by atoms with van der Waals surface area (Å²) >= 11 is 12.3. The number of fused-ring (bicyclic) bond motifs is 1. The normalized spacial score (nSPS) is 18.0. The van der Waals surface area contributed by atoms with Crippen molar-refractivity contribution >= 4 is 51.5 Å². The summed E-state index contributed by atoms with van der Waals surface area (Å²) in [6, 6.07) is 9.21. The highest BCUT2D eigenvalue weighted by Crippen LogP contribution is 2.38. The first-order valence-electron chi connectivity index (χ1n) is 11.3. The van der Waals surface area contributed by atoms with E-state index in [2.05, 4.69) is 10.3 Å². The predicted molar refractivity (Wildman–Crippen MR) is 137 cm³/mol. The Kier molecular flexibility index (Phi) is 7.01. The first-order chi connectivity index (χ1) is 16.2. The zero-order chi connectivity index (χ0) is 24.6. The maximum atomic E-state index is 12.5. The number of carbonyl (C=O) groups is 2. The molecule has 34 heavy (non-hydrogen) atoms. The fourth-order valence-corrected chi connectivity index (χ4v) is 5.07. The van der Waals surface area contributed by atoms with E-state index in [-0.39, 0.29) is 39.4 Å². The summed E-state index contributed by atoms with van der Waals surface area (Å²) in [5.74, 6) is -0.00758. The van der Waals surface area contributed by atoms with Crippen molar-refractivity contribution in [2.45, 2.75) is 38.6 Å². The molecule has 0 radical (unpaired) electrons. The summed E-state index contributed by atoms with van der Waals surface area (Å²) in [6.45, 7) is 1.53. The van der Waals surface area contributed by atoms with Gasteiger partial charge in [0.1, 0.15) is 0 Å². The van der Waals surface area contributed by atoms with Crippen LogP contribution in [0.1, 0.15) is 43.0 Å². The van der Waals surface area contributed by atoms with Crippen LogP contribution in [-0.2, 0) is 4.79 Å². The lowest BCUT2D eigenvalue weighted by Gasteiger charge is -2.31. The van der Waals surface area contributed by atoms with E-state index in [1.165, 1.54) is 6.92 Å². The number of nitrogens with zero attached hydrogens (tertiary/aromatic N) is 2. The van der Waals surface area contributed by atoms with Crippen LogP contribution in [0.2, 0.25) is 10.0 Å². The fourth-order valence-electron chi connectivity index (χ4n) is 4.58. The Hall–Kier alpha value is -2.83. The van der Waals surface area contributed by atoms with Gasteiger partial charge in [0.15, 0.2) is 11.5 Å². The average molecular weight is 500 g/mol. The van der Waals surface area contributed by atoms with Gasteiger partial charge >= 0.3 is 0 Å². The molecule has 0 spiro atoms. The molecule has 178 valence electrons. The van der Waals surface area contributed by atoms with Crippen LogP contribution in [0.3, 0.4) is 0 Å². The highest BCUT2D eigenvalue weighted by Gasteiger charge is 2.28. The van der Waals surface area contributed by atoms with Gasteiger partial charge in [0.2, 0.25) is 5.91 Å². The zero-order valence-electron chi connectivity index (χ0n) is 19.4. The van der Waals surface area contributed by atoms with Gasteiger partial charge in [-0.25, -0.2) is 0 Å². The van der Waals surface area contributed by atoms with Crippen molar-refractivity contribution in [1.29, 1.82) is 0 Å². The largest absolute Gasteiger partial charge is 0.505 e. The van der Waals surface area contributed by atoms with Gasteiger partial charge in [0.05, 0.1) is 26.8 Å². The summed E-state index contributed by atoms with van der Waals surface area (Å²) in [6.07, 6.45) is 4.91. The predicted octanol–water partition coefficient (Wildman–Crippen LogP) is 6.18. The Morgan fingerprint density at radius 3 is 2.26 bits per heavy atom. The number of Topliss-reactive ketones (excluding diaryl/α,β-unsaturated/α-hetero) is 1. The molecule has 0 atom stereocenters. The zero-order valence-corrected chi connectivity index (χ0v) is 20.9. The second-order valence-corrected chi connectivity index (χ2v) is 9.86. The minimum atomic E-state index is -0.154. The number of anilines is 1. The smallest absolute Gasteiger partial charge is 0.225 e. The third kappa shape index (κ3) is 4.84. The van der Waals surface area contributed by atoms with E-state index in [4.69, 9.17) is 23.2 Å². The maximum Gasteiger partial charge on any atom is 0.225 e. The number of phenolic OH excluding ortho intramolecular Hbond substituents is 1. The number of carbonyl (C=O) groups excluding carboxylic acids is 2. The molecule has 0 unspecified atom stereocenters. The van der Waals surface area contributed by atoms with Gasteiger partial charge in [0, 0.05) is 37.6 Å². The van der Waals surface area contributed by atoms with Crippen LogP contribution in [0.15, 0.2) is 36.5 Å². The van der Waals surface area contributed by atoms with Crippen LogP contribution in [0, 0.1) is 5.92 Å². The number of ketones is 1. The Morgan fingerprint density at radius 2 is 1.68 bits per heavy atom. The number of aromatic hydroxyl groups is 1. The molecule has 3 aromatic rings. The maximum absolute atomic E-state index is 12.5.